The Kier molecular flexibility index (Phi) is 3.84. The van der Waals surface area contributed by atoms with E-state index in [9.17, 15) is 9.59 Å². The second-order valence-corrected chi connectivity index (χ2v) is 5.00. The molecule has 1 N–H and O–H groups in total. The summed E-state index contributed by atoms with van der Waals surface area (Å²) in [6.45, 7) is 0.764. The summed E-state index contributed by atoms with van der Waals surface area (Å²) in [6, 6.07) is 0. The number of nitrogens with zero attached hydrogens (tertiary/aromatic N) is 3. The van der Waals surface area contributed by atoms with Crippen molar-refractivity contribution in [3.8, 4) is 0 Å². The average Bonchev–Trinajstić information content (AvgIpc) is 2.40. The Morgan fingerprint density at radius 1 is 1.22 bits per heavy atom. The lowest BCUT2D eigenvalue weighted by molar-refractivity contribution is 0.372. The Morgan fingerprint density at radius 2 is 1.89 bits per heavy atom. The third-order valence-corrected chi connectivity index (χ3v) is 3.60. The maximum absolute atomic E-state index is 11.8. The molecule has 6 nitrogen and oxygen atoms in total. The number of aryl methyl sites for hydroxylation is 1. The second-order valence-electron chi connectivity index (χ2n) is 5.00. The number of rotatable bonds is 3. The van der Waals surface area contributed by atoms with Gasteiger partial charge in [0.1, 0.15) is 0 Å². The molecule has 0 bridgehead atoms. The molecule has 0 atom stereocenters. The third-order valence-electron chi connectivity index (χ3n) is 3.60. The molecule has 1 aliphatic rings. The van der Waals surface area contributed by atoms with E-state index in [1.807, 2.05) is 0 Å². The highest BCUT2D eigenvalue weighted by Crippen LogP contribution is 2.23. The molecule has 0 radical (unpaired) electrons. The van der Waals surface area contributed by atoms with Gasteiger partial charge < -0.3 is 5.32 Å². The Labute approximate surface area is 106 Å². The van der Waals surface area contributed by atoms with Crippen molar-refractivity contribution in [1.82, 2.24) is 14.3 Å². The van der Waals surface area contributed by atoms with Gasteiger partial charge >= 0.3 is 5.69 Å². The molecule has 2 rings (SSSR count). The van der Waals surface area contributed by atoms with Crippen molar-refractivity contribution in [3.05, 3.63) is 20.8 Å². The molecule has 1 aliphatic carbocycles. The first-order chi connectivity index (χ1) is 8.59. The van der Waals surface area contributed by atoms with Crippen LogP contribution in [0.4, 0.5) is 5.82 Å². The van der Waals surface area contributed by atoms with E-state index >= 15 is 0 Å². The lowest BCUT2D eigenvalue weighted by atomic mass is 9.89. The van der Waals surface area contributed by atoms with E-state index in [1.54, 1.807) is 7.05 Å². The van der Waals surface area contributed by atoms with Crippen molar-refractivity contribution in [3.63, 3.8) is 0 Å². The predicted octanol–water partition coefficient (Wildman–Crippen LogP) is 0.471. The maximum Gasteiger partial charge on any atom is 0.346 e. The topological polar surface area (TPSA) is 68.9 Å². The molecule has 0 saturated heterocycles. The molecular weight excluding hydrogens is 232 g/mol. The molecule has 1 aromatic heterocycles. The Balaban J connectivity index is 2.10. The molecule has 6 heteroatoms. The first-order valence-corrected chi connectivity index (χ1v) is 6.48. The maximum atomic E-state index is 11.8. The van der Waals surface area contributed by atoms with E-state index < -0.39 is 5.69 Å². The SMILES string of the molecule is Cn1nc(NCC2CCCCC2)c(=O)n(C)c1=O. The fraction of sp³-hybridized carbons (Fsp3) is 0.750. The Morgan fingerprint density at radius 3 is 2.56 bits per heavy atom. The predicted molar refractivity (Wildman–Crippen MR) is 69.8 cm³/mol. The highest BCUT2D eigenvalue weighted by atomic mass is 16.2. The summed E-state index contributed by atoms with van der Waals surface area (Å²) in [5.41, 5.74) is -0.753. The van der Waals surface area contributed by atoms with Crippen LogP contribution in [0, 0.1) is 5.92 Å². The van der Waals surface area contributed by atoms with Gasteiger partial charge in [-0.05, 0) is 18.8 Å². The van der Waals surface area contributed by atoms with Crippen LogP contribution in [0.1, 0.15) is 32.1 Å². The number of aromatic nitrogens is 3. The van der Waals surface area contributed by atoms with Crippen molar-refractivity contribution < 1.29 is 0 Å². The molecule has 0 unspecified atom stereocenters. The molecule has 0 aliphatic heterocycles. The second kappa shape index (κ2) is 5.37. The molecule has 18 heavy (non-hydrogen) atoms. The number of nitrogens with one attached hydrogen (secondary N) is 1. The van der Waals surface area contributed by atoms with E-state index in [0.717, 1.165) is 11.1 Å². The van der Waals surface area contributed by atoms with Gasteiger partial charge in [0, 0.05) is 20.6 Å². The normalized spacial score (nSPS) is 16.8. The van der Waals surface area contributed by atoms with Gasteiger partial charge in [0.2, 0.25) is 5.82 Å². The van der Waals surface area contributed by atoms with Crippen molar-refractivity contribution in [2.45, 2.75) is 32.1 Å². The summed E-state index contributed by atoms with van der Waals surface area (Å²) in [7, 11) is 3.02. The Bertz CT molecular complexity index is 526. The minimum atomic E-state index is -0.400. The average molecular weight is 252 g/mol. The van der Waals surface area contributed by atoms with Gasteiger partial charge in [-0.3, -0.25) is 9.36 Å². The van der Waals surface area contributed by atoms with Gasteiger partial charge in [-0.25, -0.2) is 9.48 Å². The zero-order valence-electron chi connectivity index (χ0n) is 11.0. The molecule has 0 spiro atoms. The molecule has 100 valence electrons. The van der Waals surface area contributed by atoms with Crippen LogP contribution in [0.3, 0.4) is 0 Å². The van der Waals surface area contributed by atoms with Gasteiger partial charge in [-0.2, -0.15) is 0 Å². The standard InChI is InChI=1S/C12H20N4O2/c1-15-11(17)10(14-16(2)12(15)18)13-8-9-6-4-3-5-7-9/h9H,3-8H2,1-2H3,(H,13,14). The fourth-order valence-electron chi connectivity index (χ4n) is 2.44. The van der Waals surface area contributed by atoms with Crippen LogP contribution in [0.2, 0.25) is 0 Å². The third kappa shape index (κ3) is 2.63. The van der Waals surface area contributed by atoms with Crippen LogP contribution in [-0.2, 0) is 14.1 Å². The van der Waals surface area contributed by atoms with Gasteiger partial charge in [0.05, 0.1) is 0 Å². The lowest BCUT2D eigenvalue weighted by Crippen LogP contribution is -2.40. The first-order valence-electron chi connectivity index (χ1n) is 6.48. The van der Waals surface area contributed by atoms with Gasteiger partial charge in [-0.1, -0.05) is 19.3 Å². The van der Waals surface area contributed by atoms with Gasteiger partial charge in [-0.15, -0.1) is 5.10 Å². The van der Waals surface area contributed by atoms with Crippen molar-refractivity contribution in [2.24, 2.45) is 20.0 Å². The number of hydrogen-bond acceptors (Lipinski definition) is 4. The first kappa shape index (κ1) is 12.9. The minimum Gasteiger partial charge on any atom is -0.364 e. The van der Waals surface area contributed by atoms with Crippen LogP contribution in [0.5, 0.6) is 0 Å². The van der Waals surface area contributed by atoms with Crippen LogP contribution < -0.4 is 16.6 Å². The summed E-state index contributed by atoms with van der Waals surface area (Å²) < 4.78 is 2.26. The molecular formula is C12H20N4O2. The summed E-state index contributed by atoms with van der Waals surface area (Å²) in [5.74, 6) is 0.882. The number of hydrogen-bond donors (Lipinski definition) is 1. The van der Waals surface area contributed by atoms with Crippen LogP contribution in [-0.4, -0.2) is 20.9 Å². The summed E-state index contributed by atoms with van der Waals surface area (Å²) in [4.78, 5) is 23.3. The largest absolute Gasteiger partial charge is 0.364 e. The molecule has 0 aromatic carbocycles. The minimum absolute atomic E-state index is 0.269. The van der Waals surface area contributed by atoms with Gasteiger partial charge in [0.25, 0.3) is 5.56 Å². The zero-order chi connectivity index (χ0) is 13.1. The monoisotopic (exact) mass is 252 g/mol. The summed E-state index contributed by atoms with van der Waals surface area (Å²) >= 11 is 0. The Hall–Kier alpha value is -1.59. The quantitative estimate of drug-likeness (QED) is 0.849. The summed E-state index contributed by atoms with van der Waals surface area (Å²) in [5, 5.41) is 7.06. The van der Waals surface area contributed by atoms with Crippen molar-refractivity contribution in [2.75, 3.05) is 11.9 Å². The molecule has 1 aromatic rings. The van der Waals surface area contributed by atoms with E-state index in [-0.39, 0.29) is 11.4 Å². The van der Waals surface area contributed by atoms with E-state index in [1.165, 1.54) is 43.8 Å². The lowest BCUT2D eigenvalue weighted by Gasteiger charge is -2.21. The summed E-state index contributed by atoms with van der Waals surface area (Å²) in [6.07, 6.45) is 6.27. The van der Waals surface area contributed by atoms with Crippen LogP contribution in [0.25, 0.3) is 0 Å². The zero-order valence-corrected chi connectivity index (χ0v) is 11.0. The van der Waals surface area contributed by atoms with Crippen LogP contribution >= 0.6 is 0 Å². The molecule has 0 amide bonds. The van der Waals surface area contributed by atoms with E-state index in [4.69, 9.17) is 0 Å². The van der Waals surface area contributed by atoms with E-state index in [0.29, 0.717) is 5.92 Å². The van der Waals surface area contributed by atoms with E-state index in [2.05, 4.69) is 10.4 Å². The fourth-order valence-corrected chi connectivity index (χ4v) is 2.44. The smallest absolute Gasteiger partial charge is 0.346 e. The highest BCUT2D eigenvalue weighted by Gasteiger charge is 2.15. The molecule has 1 heterocycles. The molecule has 1 saturated carbocycles. The molecule has 1 fully saturated rings. The van der Waals surface area contributed by atoms with Crippen molar-refractivity contribution >= 4 is 5.82 Å². The van der Waals surface area contributed by atoms with Gasteiger partial charge in [0.15, 0.2) is 0 Å². The highest BCUT2D eigenvalue weighted by molar-refractivity contribution is 5.29. The van der Waals surface area contributed by atoms with Crippen LogP contribution in [0.15, 0.2) is 9.59 Å². The number of anilines is 1. The van der Waals surface area contributed by atoms with Crippen molar-refractivity contribution in [1.29, 1.82) is 0 Å².